The van der Waals surface area contributed by atoms with Crippen molar-refractivity contribution in [2.24, 2.45) is 0 Å². The van der Waals surface area contributed by atoms with E-state index in [-0.39, 0.29) is 0 Å². The van der Waals surface area contributed by atoms with Gasteiger partial charge in [-0.3, -0.25) is 5.10 Å². The van der Waals surface area contributed by atoms with Crippen molar-refractivity contribution in [3.63, 3.8) is 0 Å². The molecule has 0 aliphatic rings. The lowest BCUT2D eigenvalue weighted by atomic mass is 10.0. The maximum atomic E-state index is 5.67. The van der Waals surface area contributed by atoms with Crippen LogP contribution in [0.2, 0.25) is 0 Å². The Hall–Kier alpha value is -2.49. The highest BCUT2D eigenvalue weighted by atomic mass is 16.5. The van der Waals surface area contributed by atoms with Crippen molar-refractivity contribution in [1.29, 1.82) is 0 Å². The first-order chi connectivity index (χ1) is 9.29. The molecule has 0 spiro atoms. The third-order valence-corrected chi connectivity index (χ3v) is 3.07. The van der Waals surface area contributed by atoms with E-state index in [1.54, 1.807) is 0 Å². The molecular formula is C15H15N3O. The van der Waals surface area contributed by atoms with Crippen molar-refractivity contribution < 1.29 is 4.74 Å². The van der Waals surface area contributed by atoms with Gasteiger partial charge in [0.1, 0.15) is 11.6 Å². The third-order valence-electron chi connectivity index (χ3n) is 3.07. The van der Waals surface area contributed by atoms with Gasteiger partial charge in [-0.2, -0.15) is 5.10 Å². The molecule has 0 aliphatic heterocycles. The topological polar surface area (TPSA) is 63.9 Å². The van der Waals surface area contributed by atoms with Crippen LogP contribution in [0.3, 0.4) is 0 Å². The quantitative estimate of drug-likeness (QED) is 0.753. The minimum absolute atomic E-state index is 0.493. The molecule has 0 aliphatic carbocycles. The van der Waals surface area contributed by atoms with E-state index in [1.807, 2.05) is 37.3 Å². The van der Waals surface area contributed by atoms with Crippen molar-refractivity contribution in [1.82, 2.24) is 10.2 Å². The fourth-order valence-corrected chi connectivity index (χ4v) is 2.26. The van der Waals surface area contributed by atoms with E-state index in [9.17, 15) is 0 Å². The lowest BCUT2D eigenvalue weighted by Gasteiger charge is -2.10. The average Bonchev–Trinajstić information content (AvgIpc) is 2.86. The van der Waals surface area contributed by atoms with Gasteiger partial charge < -0.3 is 10.5 Å². The molecule has 3 rings (SSSR count). The van der Waals surface area contributed by atoms with Crippen molar-refractivity contribution in [3.05, 3.63) is 42.5 Å². The molecule has 0 atom stereocenters. The summed E-state index contributed by atoms with van der Waals surface area (Å²) in [7, 11) is 0. The molecule has 0 radical (unpaired) electrons. The highest BCUT2D eigenvalue weighted by Crippen LogP contribution is 2.33. The Kier molecular flexibility index (Phi) is 2.83. The summed E-state index contributed by atoms with van der Waals surface area (Å²) in [5.74, 6) is 1.39. The summed E-state index contributed by atoms with van der Waals surface area (Å²) in [6.07, 6.45) is 0. The molecule has 0 saturated carbocycles. The zero-order valence-electron chi connectivity index (χ0n) is 10.7. The summed E-state index contributed by atoms with van der Waals surface area (Å²) in [6.45, 7) is 2.64. The lowest BCUT2D eigenvalue weighted by Crippen LogP contribution is -1.93. The second-order valence-corrected chi connectivity index (χ2v) is 4.30. The molecule has 0 fully saturated rings. The minimum atomic E-state index is 0.493. The fraction of sp³-hybridized carbons (Fsp3) is 0.133. The molecule has 0 unspecified atom stereocenters. The SMILES string of the molecule is CCOc1ccc(-c2cc(N)n[nH]2)c2ccccc12. The van der Waals surface area contributed by atoms with Crippen LogP contribution >= 0.6 is 0 Å². The van der Waals surface area contributed by atoms with Crippen LogP contribution in [0, 0.1) is 0 Å². The third kappa shape index (κ3) is 2.01. The number of nitrogens with two attached hydrogens (primary N) is 1. The number of nitrogens with one attached hydrogen (secondary N) is 1. The predicted molar refractivity (Wildman–Crippen MR) is 77.1 cm³/mol. The molecular weight excluding hydrogens is 238 g/mol. The van der Waals surface area contributed by atoms with E-state index in [4.69, 9.17) is 10.5 Å². The largest absolute Gasteiger partial charge is 0.493 e. The van der Waals surface area contributed by atoms with Gasteiger partial charge in [0.25, 0.3) is 0 Å². The molecule has 19 heavy (non-hydrogen) atoms. The Bertz CT molecular complexity index is 718. The fourth-order valence-electron chi connectivity index (χ4n) is 2.26. The lowest BCUT2D eigenvalue weighted by molar-refractivity contribution is 0.344. The van der Waals surface area contributed by atoms with Gasteiger partial charge in [-0.05, 0) is 24.4 Å². The first kappa shape index (κ1) is 11.6. The van der Waals surface area contributed by atoms with E-state index >= 15 is 0 Å². The number of aromatic nitrogens is 2. The second kappa shape index (κ2) is 4.65. The number of fused-ring (bicyclic) bond motifs is 1. The molecule has 4 heteroatoms. The Morgan fingerprint density at radius 1 is 1.16 bits per heavy atom. The number of rotatable bonds is 3. The molecule has 0 amide bonds. The summed E-state index contributed by atoms with van der Waals surface area (Å²) in [4.78, 5) is 0. The number of hydrogen-bond acceptors (Lipinski definition) is 3. The van der Waals surface area contributed by atoms with Gasteiger partial charge in [-0.1, -0.05) is 24.3 Å². The van der Waals surface area contributed by atoms with Crippen LogP contribution in [0.1, 0.15) is 6.92 Å². The summed E-state index contributed by atoms with van der Waals surface area (Å²) in [5.41, 5.74) is 7.66. The van der Waals surface area contributed by atoms with Gasteiger partial charge >= 0.3 is 0 Å². The zero-order valence-corrected chi connectivity index (χ0v) is 10.7. The van der Waals surface area contributed by atoms with Crippen molar-refractivity contribution >= 4 is 16.6 Å². The average molecular weight is 253 g/mol. The van der Waals surface area contributed by atoms with Gasteiger partial charge in [0.2, 0.25) is 0 Å². The van der Waals surface area contributed by atoms with Gasteiger partial charge in [-0.15, -0.1) is 0 Å². The highest BCUT2D eigenvalue weighted by molar-refractivity contribution is 5.99. The first-order valence-electron chi connectivity index (χ1n) is 6.25. The van der Waals surface area contributed by atoms with E-state index < -0.39 is 0 Å². The maximum Gasteiger partial charge on any atom is 0.145 e. The summed E-state index contributed by atoms with van der Waals surface area (Å²) in [6, 6.07) is 14.0. The van der Waals surface area contributed by atoms with Crippen LogP contribution in [0.15, 0.2) is 42.5 Å². The second-order valence-electron chi connectivity index (χ2n) is 4.30. The number of aromatic amines is 1. The Balaban J connectivity index is 2.24. The number of nitrogens with zero attached hydrogens (tertiary/aromatic N) is 1. The van der Waals surface area contributed by atoms with E-state index in [0.717, 1.165) is 27.8 Å². The predicted octanol–water partition coefficient (Wildman–Crippen LogP) is 3.21. The number of nitrogen functional groups attached to an aromatic ring is 1. The smallest absolute Gasteiger partial charge is 0.145 e. The number of H-pyrrole nitrogens is 1. The molecule has 0 bridgehead atoms. The van der Waals surface area contributed by atoms with E-state index in [1.165, 1.54) is 0 Å². The molecule has 2 aromatic carbocycles. The Morgan fingerprint density at radius 3 is 2.63 bits per heavy atom. The normalized spacial score (nSPS) is 10.8. The van der Waals surface area contributed by atoms with Crippen molar-refractivity contribution in [2.45, 2.75) is 6.92 Å². The van der Waals surface area contributed by atoms with E-state index in [0.29, 0.717) is 12.4 Å². The monoisotopic (exact) mass is 253 g/mol. The van der Waals surface area contributed by atoms with Gasteiger partial charge in [-0.25, -0.2) is 0 Å². The van der Waals surface area contributed by atoms with Crippen LogP contribution < -0.4 is 10.5 Å². The van der Waals surface area contributed by atoms with Crippen LogP contribution in [0.4, 0.5) is 5.82 Å². The summed E-state index contributed by atoms with van der Waals surface area (Å²) >= 11 is 0. The number of ether oxygens (including phenoxy) is 1. The molecule has 3 N–H and O–H groups in total. The zero-order chi connectivity index (χ0) is 13.2. The standard InChI is InChI=1S/C15H15N3O/c1-2-19-14-8-7-11(13-9-15(16)18-17-13)10-5-3-4-6-12(10)14/h3-9H,2H2,1H3,(H3,16,17,18). The van der Waals surface area contributed by atoms with Crippen molar-refractivity contribution in [3.8, 4) is 17.0 Å². The van der Waals surface area contributed by atoms with Crippen LogP contribution in [-0.2, 0) is 0 Å². The minimum Gasteiger partial charge on any atom is -0.493 e. The van der Waals surface area contributed by atoms with E-state index in [2.05, 4.69) is 22.3 Å². The highest BCUT2D eigenvalue weighted by Gasteiger charge is 2.09. The van der Waals surface area contributed by atoms with Gasteiger partial charge in [0, 0.05) is 17.0 Å². The molecule has 3 aromatic rings. The molecule has 1 aromatic heterocycles. The molecule has 1 heterocycles. The molecule has 4 nitrogen and oxygen atoms in total. The summed E-state index contributed by atoms with van der Waals surface area (Å²) < 4.78 is 5.66. The van der Waals surface area contributed by atoms with Crippen LogP contribution in [0.5, 0.6) is 5.75 Å². The molecule has 96 valence electrons. The number of anilines is 1. The van der Waals surface area contributed by atoms with Crippen LogP contribution in [0.25, 0.3) is 22.0 Å². The number of benzene rings is 2. The van der Waals surface area contributed by atoms with Gasteiger partial charge in [0.15, 0.2) is 0 Å². The summed E-state index contributed by atoms with van der Waals surface area (Å²) in [5, 5.41) is 9.14. The Morgan fingerprint density at radius 2 is 1.95 bits per heavy atom. The molecule has 0 saturated heterocycles. The Labute approximate surface area is 111 Å². The van der Waals surface area contributed by atoms with Crippen molar-refractivity contribution in [2.75, 3.05) is 12.3 Å². The maximum absolute atomic E-state index is 5.67. The number of hydrogen-bond donors (Lipinski definition) is 2. The van der Waals surface area contributed by atoms with Gasteiger partial charge in [0.05, 0.1) is 12.3 Å². The van der Waals surface area contributed by atoms with Crippen LogP contribution in [-0.4, -0.2) is 16.8 Å². The first-order valence-corrected chi connectivity index (χ1v) is 6.25.